The third-order valence-corrected chi connectivity index (χ3v) is 3.79. The van der Waals surface area contributed by atoms with E-state index in [4.69, 9.17) is 0 Å². The van der Waals surface area contributed by atoms with Crippen molar-refractivity contribution in [2.75, 3.05) is 0 Å². The molecule has 0 aliphatic carbocycles. The molecule has 0 aliphatic rings. The molecule has 0 unspecified atom stereocenters. The summed E-state index contributed by atoms with van der Waals surface area (Å²) in [6.45, 7) is 0. The van der Waals surface area contributed by atoms with Crippen LogP contribution in [0.3, 0.4) is 0 Å². The highest BCUT2D eigenvalue weighted by molar-refractivity contribution is 5.97. The van der Waals surface area contributed by atoms with Crippen molar-refractivity contribution in [1.29, 1.82) is 0 Å². The second-order valence-corrected chi connectivity index (χ2v) is 5.14. The van der Waals surface area contributed by atoms with Gasteiger partial charge in [0, 0.05) is 11.8 Å². The minimum atomic E-state index is -0.467. The molecule has 0 amide bonds. The lowest BCUT2D eigenvalue weighted by Gasteiger charge is -2.08. The Morgan fingerprint density at radius 3 is 2.27 bits per heavy atom. The Labute approximate surface area is 127 Å². The number of aromatic nitrogens is 2. The lowest BCUT2D eigenvalue weighted by Crippen LogP contribution is -1.86. The number of pyridine rings is 1. The van der Waals surface area contributed by atoms with Crippen LogP contribution in [0, 0.1) is 5.95 Å². The number of halogens is 1. The van der Waals surface area contributed by atoms with E-state index in [1.165, 1.54) is 6.07 Å². The quantitative estimate of drug-likeness (QED) is 0.514. The zero-order valence-corrected chi connectivity index (χ0v) is 11.8. The van der Waals surface area contributed by atoms with Gasteiger partial charge in [-0.15, -0.1) is 0 Å². The summed E-state index contributed by atoms with van der Waals surface area (Å²) in [5.41, 5.74) is 5.67. The van der Waals surface area contributed by atoms with E-state index in [0.29, 0.717) is 5.52 Å². The highest BCUT2D eigenvalue weighted by atomic mass is 19.1. The Morgan fingerprint density at radius 1 is 0.727 bits per heavy atom. The van der Waals surface area contributed by atoms with Crippen LogP contribution in [-0.2, 0) is 0 Å². The highest BCUT2D eigenvalue weighted by Crippen LogP contribution is 2.35. The second-order valence-electron chi connectivity index (χ2n) is 5.14. The molecule has 0 spiro atoms. The van der Waals surface area contributed by atoms with Crippen molar-refractivity contribution in [3.8, 4) is 22.3 Å². The minimum absolute atomic E-state index is 0.467. The van der Waals surface area contributed by atoms with E-state index < -0.39 is 5.95 Å². The van der Waals surface area contributed by atoms with Crippen molar-refractivity contribution < 1.29 is 4.39 Å². The molecule has 106 valence electrons. The van der Waals surface area contributed by atoms with Gasteiger partial charge in [-0.05, 0) is 28.8 Å². The van der Waals surface area contributed by atoms with Crippen LogP contribution in [0.1, 0.15) is 0 Å². The molecule has 22 heavy (non-hydrogen) atoms. The van der Waals surface area contributed by atoms with Gasteiger partial charge in [-0.25, -0.2) is 4.98 Å². The Kier molecular flexibility index (Phi) is 2.97. The van der Waals surface area contributed by atoms with Crippen LogP contribution < -0.4 is 0 Å². The van der Waals surface area contributed by atoms with Gasteiger partial charge < -0.3 is 4.98 Å². The van der Waals surface area contributed by atoms with E-state index in [2.05, 4.69) is 28.2 Å². The van der Waals surface area contributed by atoms with E-state index >= 15 is 0 Å². The topological polar surface area (TPSA) is 28.7 Å². The van der Waals surface area contributed by atoms with Crippen LogP contribution in [0.15, 0.2) is 72.9 Å². The Hall–Kier alpha value is -2.94. The van der Waals surface area contributed by atoms with Crippen LogP contribution in [0.4, 0.5) is 4.39 Å². The van der Waals surface area contributed by atoms with E-state index in [1.54, 1.807) is 6.07 Å². The van der Waals surface area contributed by atoms with Crippen LogP contribution >= 0.6 is 0 Å². The first-order valence-electron chi connectivity index (χ1n) is 7.11. The first-order chi connectivity index (χ1) is 10.8. The van der Waals surface area contributed by atoms with Gasteiger partial charge in [0.2, 0.25) is 5.95 Å². The Bertz CT molecular complexity index is 942. The summed E-state index contributed by atoms with van der Waals surface area (Å²) in [7, 11) is 0. The highest BCUT2D eigenvalue weighted by Gasteiger charge is 2.12. The average molecular weight is 288 g/mol. The summed E-state index contributed by atoms with van der Waals surface area (Å²) in [6, 6.07) is 21.4. The van der Waals surface area contributed by atoms with Crippen molar-refractivity contribution in [1.82, 2.24) is 9.97 Å². The molecule has 4 rings (SSSR count). The summed E-state index contributed by atoms with van der Waals surface area (Å²) in [6.07, 6.45) is 1.89. The van der Waals surface area contributed by atoms with Crippen molar-refractivity contribution in [3.05, 3.63) is 78.9 Å². The molecule has 0 atom stereocenters. The minimum Gasteiger partial charge on any atom is -0.359 e. The molecule has 0 aliphatic heterocycles. The summed E-state index contributed by atoms with van der Waals surface area (Å²) in [4.78, 5) is 7.21. The Balaban J connectivity index is 1.98. The van der Waals surface area contributed by atoms with Gasteiger partial charge >= 0.3 is 0 Å². The first kappa shape index (κ1) is 12.8. The number of nitrogens with one attached hydrogen (secondary N) is 1. The first-order valence-corrected chi connectivity index (χ1v) is 7.11. The van der Waals surface area contributed by atoms with Crippen molar-refractivity contribution in [2.24, 2.45) is 0 Å². The largest absolute Gasteiger partial charge is 0.359 e. The normalized spacial score (nSPS) is 11.0. The zero-order chi connectivity index (χ0) is 14.9. The molecule has 4 aromatic rings. The van der Waals surface area contributed by atoms with Crippen LogP contribution in [0.25, 0.3) is 33.3 Å². The monoisotopic (exact) mass is 288 g/mol. The van der Waals surface area contributed by atoms with Gasteiger partial charge in [0.05, 0.1) is 11.0 Å². The smallest absolute Gasteiger partial charge is 0.213 e. The molecule has 0 radical (unpaired) electrons. The number of hydrogen-bond acceptors (Lipinski definition) is 1. The molecule has 0 bridgehead atoms. The maximum atomic E-state index is 13.5. The van der Waals surface area contributed by atoms with Crippen LogP contribution in [-0.4, -0.2) is 9.97 Å². The number of fused-ring (bicyclic) bond motifs is 1. The van der Waals surface area contributed by atoms with E-state index in [9.17, 15) is 4.39 Å². The molecular formula is C19H13FN2. The molecular weight excluding hydrogens is 275 g/mol. The summed E-state index contributed by atoms with van der Waals surface area (Å²) >= 11 is 0. The molecule has 1 N–H and O–H groups in total. The number of benzene rings is 2. The molecule has 0 saturated heterocycles. The van der Waals surface area contributed by atoms with Crippen LogP contribution in [0.2, 0.25) is 0 Å². The summed E-state index contributed by atoms with van der Waals surface area (Å²) in [5, 5.41) is 0. The molecule has 2 aromatic heterocycles. The summed E-state index contributed by atoms with van der Waals surface area (Å²) < 4.78 is 13.5. The fourth-order valence-corrected chi connectivity index (χ4v) is 2.77. The van der Waals surface area contributed by atoms with Crippen molar-refractivity contribution in [3.63, 3.8) is 0 Å². The lowest BCUT2D eigenvalue weighted by atomic mass is 9.95. The van der Waals surface area contributed by atoms with Crippen molar-refractivity contribution in [2.45, 2.75) is 0 Å². The summed E-state index contributed by atoms with van der Waals surface area (Å²) in [5.74, 6) is -0.467. The fraction of sp³-hybridized carbons (Fsp3) is 0. The molecule has 2 aromatic carbocycles. The predicted molar refractivity (Wildman–Crippen MR) is 86.9 cm³/mol. The average Bonchev–Trinajstić information content (AvgIpc) is 2.98. The van der Waals surface area contributed by atoms with Crippen LogP contribution in [0.5, 0.6) is 0 Å². The van der Waals surface area contributed by atoms with Crippen molar-refractivity contribution >= 4 is 11.0 Å². The van der Waals surface area contributed by atoms with Gasteiger partial charge in [0.15, 0.2) is 0 Å². The fourth-order valence-electron chi connectivity index (χ4n) is 2.77. The van der Waals surface area contributed by atoms with Gasteiger partial charge in [0.1, 0.15) is 0 Å². The molecule has 0 saturated carbocycles. The lowest BCUT2D eigenvalue weighted by molar-refractivity contribution is 0.589. The third kappa shape index (κ3) is 2.07. The number of rotatable bonds is 2. The van der Waals surface area contributed by atoms with Gasteiger partial charge in [-0.2, -0.15) is 4.39 Å². The predicted octanol–water partition coefficient (Wildman–Crippen LogP) is 5.04. The maximum Gasteiger partial charge on any atom is 0.213 e. The standard InChI is InChI=1S/C19H13FN2/c20-18-11-10-17-19(22-18)16(12-21-17)15-9-5-4-8-14(15)13-6-2-1-3-7-13/h1-12,21H. The molecule has 0 fully saturated rings. The second kappa shape index (κ2) is 5.11. The van der Waals surface area contributed by atoms with E-state index in [1.807, 2.05) is 42.6 Å². The number of nitrogens with zero attached hydrogens (tertiary/aromatic N) is 1. The molecule has 3 heteroatoms. The zero-order valence-electron chi connectivity index (χ0n) is 11.8. The molecule has 2 nitrogen and oxygen atoms in total. The van der Waals surface area contributed by atoms with Gasteiger partial charge in [0.25, 0.3) is 0 Å². The van der Waals surface area contributed by atoms with E-state index in [0.717, 1.165) is 27.8 Å². The number of aromatic amines is 1. The maximum absolute atomic E-state index is 13.5. The third-order valence-electron chi connectivity index (χ3n) is 3.79. The SMILES string of the molecule is Fc1ccc2[nH]cc(-c3ccccc3-c3ccccc3)c2n1. The Morgan fingerprint density at radius 2 is 1.45 bits per heavy atom. The molecule has 2 heterocycles. The van der Waals surface area contributed by atoms with Gasteiger partial charge in [-0.1, -0.05) is 54.6 Å². The number of H-pyrrole nitrogens is 1. The van der Waals surface area contributed by atoms with Gasteiger partial charge in [-0.3, -0.25) is 0 Å². The van der Waals surface area contributed by atoms with E-state index in [-0.39, 0.29) is 0 Å². The number of hydrogen-bond donors (Lipinski definition) is 1.